The van der Waals surface area contributed by atoms with Gasteiger partial charge in [0.05, 0.1) is 10.5 Å². The van der Waals surface area contributed by atoms with Crippen LogP contribution in [0.25, 0.3) is 0 Å². The van der Waals surface area contributed by atoms with Crippen molar-refractivity contribution in [1.29, 1.82) is 0 Å². The molecule has 1 N–H and O–H groups in total. The Labute approximate surface area is 168 Å². The number of carbonyl (C=O) groups is 2. The van der Waals surface area contributed by atoms with Crippen LogP contribution in [-0.2, 0) is 19.6 Å². The lowest BCUT2D eigenvalue weighted by molar-refractivity contribution is -0.119. The summed E-state index contributed by atoms with van der Waals surface area (Å²) in [5.41, 5.74) is 0.403. The highest BCUT2D eigenvalue weighted by atomic mass is 32.2. The van der Waals surface area contributed by atoms with Crippen molar-refractivity contribution in [2.45, 2.75) is 24.2 Å². The lowest BCUT2D eigenvalue weighted by Crippen LogP contribution is -2.35. The summed E-state index contributed by atoms with van der Waals surface area (Å²) < 4.78 is 44.7. The second-order valence-corrected chi connectivity index (χ2v) is 8.56. The first kappa shape index (κ1) is 20.9. The lowest BCUT2D eigenvalue weighted by Gasteiger charge is -2.25. The van der Waals surface area contributed by atoms with Gasteiger partial charge in [-0.3, -0.25) is 4.79 Å². The lowest BCUT2D eigenvalue weighted by atomic mass is 10.2. The van der Waals surface area contributed by atoms with Gasteiger partial charge in [0.2, 0.25) is 10.0 Å². The van der Waals surface area contributed by atoms with Gasteiger partial charge in [-0.15, -0.1) is 0 Å². The van der Waals surface area contributed by atoms with Crippen LogP contribution in [0.5, 0.6) is 0 Å². The molecule has 1 aliphatic rings. The van der Waals surface area contributed by atoms with Crippen molar-refractivity contribution in [3.63, 3.8) is 0 Å². The second kappa shape index (κ2) is 9.15. The molecule has 154 valence electrons. The third-order valence-corrected chi connectivity index (χ3v) is 6.38. The van der Waals surface area contributed by atoms with Gasteiger partial charge in [0.25, 0.3) is 5.91 Å². The monoisotopic (exact) mass is 420 g/mol. The number of sulfonamides is 1. The largest absolute Gasteiger partial charge is 0.452 e. The first-order valence-corrected chi connectivity index (χ1v) is 10.6. The fourth-order valence-corrected chi connectivity index (χ4v) is 4.55. The minimum Gasteiger partial charge on any atom is -0.452 e. The minimum atomic E-state index is -3.68. The number of rotatable bonds is 6. The van der Waals surface area contributed by atoms with Crippen molar-refractivity contribution in [1.82, 2.24) is 4.31 Å². The van der Waals surface area contributed by atoms with Gasteiger partial charge >= 0.3 is 5.97 Å². The standard InChI is InChI=1S/C20H21FN2O5S/c21-16-7-9-17(10-8-16)22-19(24)14-28-20(25)15-5-4-6-18(13-15)29(26,27)23-11-2-1-3-12-23/h4-10,13H,1-3,11-12,14H2,(H,22,24). The minimum absolute atomic E-state index is 0.0182. The van der Waals surface area contributed by atoms with Crippen LogP contribution < -0.4 is 5.32 Å². The van der Waals surface area contributed by atoms with E-state index in [2.05, 4.69) is 5.32 Å². The molecule has 7 nitrogen and oxygen atoms in total. The zero-order valence-electron chi connectivity index (χ0n) is 15.6. The normalized spacial score (nSPS) is 14.9. The van der Waals surface area contributed by atoms with E-state index >= 15 is 0 Å². The van der Waals surface area contributed by atoms with Gasteiger partial charge in [0.15, 0.2) is 6.61 Å². The van der Waals surface area contributed by atoms with Gasteiger partial charge in [-0.1, -0.05) is 12.5 Å². The smallest absolute Gasteiger partial charge is 0.338 e. The molecule has 2 aromatic rings. The molecule has 0 atom stereocenters. The molecule has 29 heavy (non-hydrogen) atoms. The highest BCUT2D eigenvalue weighted by Gasteiger charge is 2.26. The van der Waals surface area contributed by atoms with Crippen molar-refractivity contribution in [2.75, 3.05) is 25.0 Å². The Hall–Kier alpha value is -2.78. The molecule has 9 heteroatoms. The molecular formula is C20H21FN2O5S. The Balaban J connectivity index is 1.61. The number of esters is 1. The van der Waals surface area contributed by atoms with E-state index in [1.54, 1.807) is 0 Å². The number of anilines is 1. The van der Waals surface area contributed by atoms with Crippen LogP contribution in [0.3, 0.4) is 0 Å². The molecule has 1 saturated heterocycles. The van der Waals surface area contributed by atoms with Crippen LogP contribution in [0.4, 0.5) is 10.1 Å². The molecule has 2 aromatic carbocycles. The van der Waals surface area contributed by atoms with E-state index < -0.39 is 34.3 Å². The maximum absolute atomic E-state index is 12.9. The highest BCUT2D eigenvalue weighted by molar-refractivity contribution is 7.89. The van der Waals surface area contributed by atoms with E-state index in [1.165, 1.54) is 52.8 Å². The van der Waals surface area contributed by atoms with Gasteiger partial charge in [-0.2, -0.15) is 4.31 Å². The Morgan fingerprint density at radius 2 is 1.72 bits per heavy atom. The summed E-state index contributed by atoms with van der Waals surface area (Å²) in [4.78, 5) is 24.1. The van der Waals surface area contributed by atoms with Crippen LogP contribution in [0, 0.1) is 5.82 Å². The number of nitrogens with zero attached hydrogens (tertiary/aromatic N) is 1. The molecule has 3 rings (SSSR count). The molecule has 1 amide bonds. The summed E-state index contributed by atoms with van der Waals surface area (Å²) in [6.45, 7) is 0.362. The molecule has 1 aliphatic heterocycles. The Morgan fingerprint density at radius 3 is 2.41 bits per heavy atom. The first-order valence-electron chi connectivity index (χ1n) is 9.19. The van der Waals surface area contributed by atoms with Crippen molar-refractivity contribution in [2.24, 2.45) is 0 Å². The van der Waals surface area contributed by atoms with Crippen molar-refractivity contribution in [3.05, 3.63) is 59.9 Å². The van der Waals surface area contributed by atoms with Crippen LogP contribution in [0.2, 0.25) is 0 Å². The summed E-state index contributed by atoms with van der Waals surface area (Å²) in [6, 6.07) is 10.7. The number of nitrogens with one attached hydrogen (secondary N) is 1. The summed E-state index contributed by atoms with van der Waals surface area (Å²) in [5.74, 6) is -1.84. The quantitative estimate of drug-likeness (QED) is 0.726. The first-order chi connectivity index (χ1) is 13.9. The molecule has 1 fully saturated rings. The molecule has 1 heterocycles. The van der Waals surface area contributed by atoms with E-state index in [0.29, 0.717) is 18.8 Å². The summed E-state index contributed by atoms with van der Waals surface area (Å²) in [7, 11) is -3.68. The molecule has 0 aromatic heterocycles. The summed E-state index contributed by atoms with van der Waals surface area (Å²) >= 11 is 0. The van der Waals surface area contributed by atoms with Crippen molar-refractivity contribution < 1.29 is 27.1 Å². The zero-order valence-corrected chi connectivity index (χ0v) is 16.5. The van der Waals surface area contributed by atoms with Gasteiger partial charge in [0, 0.05) is 18.8 Å². The van der Waals surface area contributed by atoms with E-state index in [-0.39, 0.29) is 10.5 Å². The van der Waals surface area contributed by atoms with Crippen LogP contribution in [0.15, 0.2) is 53.4 Å². The van der Waals surface area contributed by atoms with Crippen molar-refractivity contribution >= 4 is 27.6 Å². The molecule has 0 radical (unpaired) electrons. The third kappa shape index (κ3) is 5.39. The zero-order chi connectivity index (χ0) is 20.9. The fraction of sp³-hybridized carbons (Fsp3) is 0.300. The second-order valence-electron chi connectivity index (χ2n) is 6.62. The molecule has 0 bridgehead atoms. The predicted molar refractivity (Wildman–Crippen MR) is 104 cm³/mol. The average Bonchev–Trinajstić information content (AvgIpc) is 2.74. The van der Waals surface area contributed by atoms with Crippen molar-refractivity contribution in [3.8, 4) is 0 Å². The Kier molecular flexibility index (Phi) is 6.60. The number of hydrogen-bond acceptors (Lipinski definition) is 5. The molecular weight excluding hydrogens is 399 g/mol. The maximum atomic E-state index is 12.9. The highest BCUT2D eigenvalue weighted by Crippen LogP contribution is 2.21. The number of benzene rings is 2. The van der Waals surface area contributed by atoms with E-state index in [9.17, 15) is 22.4 Å². The third-order valence-electron chi connectivity index (χ3n) is 4.48. The van der Waals surface area contributed by atoms with Crippen LogP contribution in [-0.4, -0.2) is 44.3 Å². The molecule has 0 unspecified atom stereocenters. The Bertz CT molecular complexity index is 986. The molecule has 0 aliphatic carbocycles. The average molecular weight is 420 g/mol. The SMILES string of the molecule is O=C(COC(=O)c1cccc(S(=O)(=O)N2CCCCC2)c1)Nc1ccc(F)cc1. The number of piperidine rings is 1. The van der Waals surface area contributed by atoms with Gasteiger partial charge in [0.1, 0.15) is 5.82 Å². The van der Waals surface area contributed by atoms with E-state index in [4.69, 9.17) is 4.74 Å². The molecule has 0 saturated carbocycles. The number of amides is 1. The Morgan fingerprint density at radius 1 is 1.03 bits per heavy atom. The van der Waals surface area contributed by atoms with Gasteiger partial charge < -0.3 is 10.1 Å². The maximum Gasteiger partial charge on any atom is 0.338 e. The number of ether oxygens (including phenoxy) is 1. The topological polar surface area (TPSA) is 92.8 Å². The number of carbonyl (C=O) groups excluding carboxylic acids is 2. The van der Waals surface area contributed by atoms with E-state index in [1.807, 2.05) is 0 Å². The van der Waals surface area contributed by atoms with Gasteiger partial charge in [-0.25, -0.2) is 17.6 Å². The summed E-state index contributed by atoms with van der Waals surface area (Å²) in [6.07, 6.45) is 2.62. The number of halogens is 1. The van der Waals surface area contributed by atoms with E-state index in [0.717, 1.165) is 19.3 Å². The van der Waals surface area contributed by atoms with Gasteiger partial charge in [-0.05, 0) is 55.3 Å². The predicted octanol–water partition coefficient (Wildman–Crippen LogP) is 2.80. The molecule has 0 spiro atoms. The summed E-state index contributed by atoms with van der Waals surface area (Å²) in [5, 5.41) is 2.47. The number of hydrogen-bond donors (Lipinski definition) is 1. The van der Waals surface area contributed by atoms with Crippen LogP contribution >= 0.6 is 0 Å². The fourth-order valence-electron chi connectivity index (χ4n) is 2.98. The van der Waals surface area contributed by atoms with Crippen LogP contribution in [0.1, 0.15) is 29.6 Å².